The molecule has 0 unspecified atom stereocenters. The van der Waals surface area contributed by atoms with E-state index < -0.39 is 33.3 Å². The summed E-state index contributed by atoms with van der Waals surface area (Å²) in [6.45, 7) is 1.43. The molecule has 0 atom stereocenters. The molecule has 1 aromatic carbocycles. The number of benzene rings is 1. The van der Waals surface area contributed by atoms with E-state index >= 15 is 0 Å². The van der Waals surface area contributed by atoms with Crippen molar-refractivity contribution in [2.24, 2.45) is 5.41 Å². The highest BCUT2D eigenvalue weighted by atomic mass is 16.6. The first kappa shape index (κ1) is 18.2. The van der Waals surface area contributed by atoms with Gasteiger partial charge in [-0.25, -0.2) is 4.68 Å². The first-order valence-electron chi connectivity index (χ1n) is 8.11. The Labute approximate surface area is 152 Å². The molecule has 1 saturated carbocycles. The highest BCUT2D eigenvalue weighted by Gasteiger charge is 2.50. The van der Waals surface area contributed by atoms with Gasteiger partial charge in [0.1, 0.15) is 5.69 Å². The van der Waals surface area contributed by atoms with Gasteiger partial charge in [0.25, 0.3) is 11.6 Å². The average Bonchev–Trinajstić information content (AvgIpc) is 3.41. The first-order chi connectivity index (χ1) is 12.7. The Kier molecular flexibility index (Phi) is 4.48. The van der Waals surface area contributed by atoms with Crippen LogP contribution >= 0.6 is 0 Å². The van der Waals surface area contributed by atoms with Crippen LogP contribution in [-0.2, 0) is 4.79 Å². The van der Waals surface area contributed by atoms with Crippen molar-refractivity contribution >= 4 is 17.6 Å². The van der Waals surface area contributed by atoms with Crippen molar-refractivity contribution in [2.75, 3.05) is 6.54 Å². The minimum Gasteiger partial charge on any atom is -0.481 e. The fourth-order valence-electron chi connectivity index (χ4n) is 2.70. The lowest BCUT2D eigenvalue weighted by Gasteiger charge is -2.13. The number of nitro groups is 1. The summed E-state index contributed by atoms with van der Waals surface area (Å²) in [5.41, 5.74) is -1.91. The largest absolute Gasteiger partial charge is 0.481 e. The number of aryl methyl sites for hydroxylation is 1. The zero-order valence-corrected chi connectivity index (χ0v) is 14.3. The summed E-state index contributed by atoms with van der Waals surface area (Å²) in [6.07, 6.45) is 0.898. The summed E-state index contributed by atoms with van der Waals surface area (Å²) in [4.78, 5) is 46.4. The molecule has 10 heteroatoms. The Morgan fingerprint density at radius 2 is 2.04 bits per heavy atom. The molecular weight excluding hydrogens is 356 g/mol. The molecule has 1 heterocycles. The van der Waals surface area contributed by atoms with E-state index in [9.17, 15) is 24.5 Å². The normalized spacial score (nSPS) is 14.4. The van der Waals surface area contributed by atoms with Gasteiger partial charge in [-0.3, -0.25) is 24.5 Å². The monoisotopic (exact) mass is 372 g/mol. The second-order valence-corrected chi connectivity index (χ2v) is 6.42. The van der Waals surface area contributed by atoms with E-state index in [1.54, 1.807) is 6.07 Å². The number of rotatable bonds is 6. The van der Waals surface area contributed by atoms with Crippen molar-refractivity contribution in [3.05, 3.63) is 62.1 Å². The Hall–Kier alpha value is -3.56. The van der Waals surface area contributed by atoms with E-state index in [0.29, 0.717) is 18.5 Å². The molecule has 2 aromatic rings. The number of carboxylic acid groups (broad SMARTS) is 1. The summed E-state index contributed by atoms with van der Waals surface area (Å²) < 4.78 is 1.15. The Bertz CT molecular complexity index is 1010. The zero-order chi connectivity index (χ0) is 19.8. The molecule has 1 aliphatic carbocycles. The molecule has 0 saturated heterocycles. The highest BCUT2D eigenvalue weighted by Crippen LogP contribution is 2.45. The lowest BCUT2D eigenvalue weighted by Crippen LogP contribution is -2.37. The summed E-state index contributed by atoms with van der Waals surface area (Å²) in [5, 5.41) is 26.8. The minimum absolute atomic E-state index is 0.109. The number of nitrogens with one attached hydrogen (secondary N) is 1. The summed E-state index contributed by atoms with van der Waals surface area (Å²) in [5.74, 6) is -1.82. The summed E-state index contributed by atoms with van der Waals surface area (Å²) in [6, 6.07) is 6.97. The van der Waals surface area contributed by atoms with Crippen LogP contribution in [0.25, 0.3) is 5.69 Å². The predicted molar refractivity (Wildman–Crippen MR) is 92.9 cm³/mol. The second-order valence-electron chi connectivity index (χ2n) is 6.42. The van der Waals surface area contributed by atoms with Crippen LogP contribution in [0.4, 0.5) is 5.69 Å². The maximum atomic E-state index is 12.4. The quantitative estimate of drug-likeness (QED) is 0.569. The Balaban J connectivity index is 1.96. The molecule has 1 fully saturated rings. The standard InChI is InChI=1S/C17H16N4O6/c1-10-8-13(22)14(15(23)18-9-17(6-7-17)16(24)25)19-20(10)11-4-2-3-5-12(11)21(26)27/h2-5,8H,6-7,9H2,1H3,(H,18,23)(H,24,25). The van der Waals surface area contributed by atoms with E-state index in [4.69, 9.17) is 5.11 Å². The highest BCUT2D eigenvalue weighted by molar-refractivity contribution is 5.92. The third-order valence-electron chi connectivity index (χ3n) is 4.52. The number of nitro benzene ring substituents is 1. The van der Waals surface area contributed by atoms with E-state index in [2.05, 4.69) is 10.4 Å². The number of hydrogen-bond acceptors (Lipinski definition) is 6. The fraction of sp³-hybridized carbons (Fsp3) is 0.294. The summed E-state index contributed by atoms with van der Waals surface area (Å²) >= 11 is 0. The van der Waals surface area contributed by atoms with Crippen LogP contribution in [0.15, 0.2) is 35.1 Å². The van der Waals surface area contributed by atoms with Gasteiger partial charge >= 0.3 is 5.97 Å². The van der Waals surface area contributed by atoms with Gasteiger partial charge in [0.05, 0.1) is 10.3 Å². The maximum Gasteiger partial charge on any atom is 0.311 e. The van der Waals surface area contributed by atoms with Gasteiger partial charge < -0.3 is 10.4 Å². The van der Waals surface area contributed by atoms with Gasteiger partial charge in [0.15, 0.2) is 5.69 Å². The van der Waals surface area contributed by atoms with Gasteiger partial charge in [-0.2, -0.15) is 5.10 Å². The Morgan fingerprint density at radius 3 is 2.63 bits per heavy atom. The van der Waals surface area contributed by atoms with Crippen molar-refractivity contribution in [3.63, 3.8) is 0 Å². The first-order valence-corrected chi connectivity index (χ1v) is 8.11. The van der Waals surface area contributed by atoms with Crippen LogP contribution in [0.5, 0.6) is 0 Å². The number of amides is 1. The average molecular weight is 372 g/mol. The topological polar surface area (TPSA) is 144 Å². The van der Waals surface area contributed by atoms with Crippen molar-refractivity contribution in [3.8, 4) is 5.69 Å². The van der Waals surface area contributed by atoms with Crippen LogP contribution in [0.3, 0.4) is 0 Å². The van der Waals surface area contributed by atoms with E-state index in [-0.39, 0.29) is 17.9 Å². The van der Waals surface area contributed by atoms with Crippen molar-refractivity contribution in [1.82, 2.24) is 15.1 Å². The lowest BCUT2D eigenvalue weighted by atomic mass is 10.1. The lowest BCUT2D eigenvalue weighted by molar-refractivity contribution is -0.384. The minimum atomic E-state index is -1.00. The number of para-hydroxylation sites is 2. The number of aliphatic carboxylic acids is 1. The van der Waals surface area contributed by atoms with Crippen LogP contribution in [0.2, 0.25) is 0 Å². The van der Waals surface area contributed by atoms with Gasteiger partial charge in [-0.15, -0.1) is 0 Å². The van der Waals surface area contributed by atoms with Gasteiger partial charge in [-0.1, -0.05) is 12.1 Å². The van der Waals surface area contributed by atoms with E-state index in [1.165, 1.54) is 25.1 Å². The van der Waals surface area contributed by atoms with Crippen LogP contribution < -0.4 is 10.7 Å². The van der Waals surface area contributed by atoms with Crippen LogP contribution in [0.1, 0.15) is 29.0 Å². The predicted octanol–water partition coefficient (Wildman–Crippen LogP) is 1.04. The SMILES string of the molecule is Cc1cc(=O)c(C(=O)NCC2(C(=O)O)CC2)nn1-c1ccccc1[N+](=O)[O-]. The molecule has 140 valence electrons. The number of carbonyl (C=O) groups is 2. The third-order valence-corrected chi connectivity index (χ3v) is 4.52. The molecule has 0 spiro atoms. The number of nitrogens with zero attached hydrogens (tertiary/aromatic N) is 3. The van der Waals surface area contributed by atoms with Gasteiger partial charge in [0.2, 0.25) is 5.43 Å². The van der Waals surface area contributed by atoms with Crippen LogP contribution in [-0.4, -0.2) is 38.2 Å². The number of carboxylic acids is 1. The van der Waals surface area contributed by atoms with Crippen molar-refractivity contribution < 1.29 is 19.6 Å². The molecular formula is C17H16N4O6. The van der Waals surface area contributed by atoms with Crippen molar-refractivity contribution in [2.45, 2.75) is 19.8 Å². The van der Waals surface area contributed by atoms with Crippen LogP contribution in [0, 0.1) is 22.5 Å². The van der Waals surface area contributed by atoms with Gasteiger partial charge in [0, 0.05) is 24.4 Å². The van der Waals surface area contributed by atoms with Crippen molar-refractivity contribution in [1.29, 1.82) is 0 Å². The number of aromatic nitrogens is 2. The van der Waals surface area contributed by atoms with Gasteiger partial charge in [-0.05, 0) is 25.8 Å². The molecule has 0 aliphatic heterocycles. The molecule has 2 N–H and O–H groups in total. The molecule has 0 bridgehead atoms. The Morgan fingerprint density at radius 1 is 1.37 bits per heavy atom. The fourth-order valence-corrected chi connectivity index (χ4v) is 2.70. The second kappa shape index (κ2) is 6.63. The van der Waals surface area contributed by atoms with E-state index in [0.717, 1.165) is 10.7 Å². The summed E-state index contributed by atoms with van der Waals surface area (Å²) in [7, 11) is 0. The molecule has 10 nitrogen and oxygen atoms in total. The molecule has 1 aromatic heterocycles. The maximum absolute atomic E-state index is 12.4. The molecule has 3 rings (SSSR count). The smallest absolute Gasteiger partial charge is 0.311 e. The molecule has 0 radical (unpaired) electrons. The molecule has 1 amide bonds. The molecule has 1 aliphatic rings. The number of carbonyl (C=O) groups excluding carboxylic acids is 1. The van der Waals surface area contributed by atoms with E-state index in [1.807, 2.05) is 0 Å². The zero-order valence-electron chi connectivity index (χ0n) is 14.3. The third kappa shape index (κ3) is 3.41. The number of hydrogen-bond donors (Lipinski definition) is 2. The molecule has 27 heavy (non-hydrogen) atoms.